The summed E-state index contributed by atoms with van der Waals surface area (Å²) >= 11 is 5.63. The number of aromatic nitrogens is 1. The Balaban J connectivity index is 1.53. The highest BCUT2D eigenvalue weighted by Crippen LogP contribution is 2.37. The second kappa shape index (κ2) is 9.55. The lowest BCUT2D eigenvalue weighted by molar-refractivity contribution is -0.137. The van der Waals surface area contributed by atoms with Crippen LogP contribution in [-0.2, 0) is 12.6 Å². The number of H-pyrrole nitrogens is 1. The van der Waals surface area contributed by atoms with Gasteiger partial charge in [-0.1, -0.05) is 11.6 Å². The summed E-state index contributed by atoms with van der Waals surface area (Å²) in [6.45, 7) is -0.00219. The second-order valence-electron chi connectivity index (χ2n) is 7.99. The molecule has 0 fully saturated rings. The third-order valence-corrected chi connectivity index (χ3v) is 6.03. The maximum atomic E-state index is 13.1. The first-order valence-electron chi connectivity index (χ1n) is 10.6. The smallest absolute Gasteiger partial charge is 0.395 e. The molecule has 1 unspecified atom stereocenters. The molecule has 0 bridgehead atoms. The zero-order chi connectivity index (χ0) is 24.5. The van der Waals surface area contributed by atoms with E-state index in [0.717, 1.165) is 47.1 Å². The number of anilines is 1. The SMILES string of the molecule is O=C(Nc1ccc(Cl)c(C(F)(F)F)c1)NC1CCCc2c1[nH]c1ccc(C(=O)NCCO)cc21. The average molecular weight is 495 g/mol. The highest BCUT2D eigenvalue weighted by Gasteiger charge is 2.33. The molecule has 5 N–H and O–H groups in total. The van der Waals surface area contributed by atoms with E-state index in [9.17, 15) is 22.8 Å². The van der Waals surface area contributed by atoms with Crippen LogP contribution in [0.25, 0.3) is 10.9 Å². The van der Waals surface area contributed by atoms with Crippen LogP contribution in [-0.4, -0.2) is 35.2 Å². The highest BCUT2D eigenvalue weighted by atomic mass is 35.5. The molecular weight excluding hydrogens is 473 g/mol. The lowest BCUT2D eigenvalue weighted by Gasteiger charge is -2.24. The molecule has 180 valence electrons. The lowest BCUT2D eigenvalue weighted by atomic mass is 9.91. The van der Waals surface area contributed by atoms with E-state index in [0.29, 0.717) is 12.0 Å². The van der Waals surface area contributed by atoms with Gasteiger partial charge in [-0.2, -0.15) is 13.2 Å². The predicted octanol–water partition coefficient (Wildman–Crippen LogP) is 4.76. The van der Waals surface area contributed by atoms with Gasteiger partial charge in [0.1, 0.15) is 0 Å². The van der Waals surface area contributed by atoms with Gasteiger partial charge in [0, 0.05) is 34.4 Å². The number of amides is 3. The first-order chi connectivity index (χ1) is 16.2. The predicted molar refractivity (Wildman–Crippen MR) is 122 cm³/mol. The molecule has 0 aliphatic heterocycles. The van der Waals surface area contributed by atoms with Gasteiger partial charge in [-0.05, 0) is 61.2 Å². The first kappa shape index (κ1) is 23.9. The molecule has 4 rings (SSSR count). The van der Waals surface area contributed by atoms with Gasteiger partial charge < -0.3 is 26.0 Å². The standard InChI is InChI=1S/C23H22ClF3N4O3/c24-17-6-5-13(11-16(17)23(25,26)27)29-22(34)31-19-3-1-2-14-15-10-12(21(33)28-8-9-32)4-7-18(15)30-20(14)19/h4-7,10-11,19,30,32H,1-3,8-9H2,(H,28,33)(H2,29,31,34). The van der Waals surface area contributed by atoms with Crippen molar-refractivity contribution in [2.45, 2.75) is 31.5 Å². The fraction of sp³-hybridized carbons (Fsp3) is 0.304. The number of carbonyl (C=O) groups excluding carboxylic acids is 2. The molecule has 0 saturated carbocycles. The van der Waals surface area contributed by atoms with E-state index in [1.54, 1.807) is 18.2 Å². The van der Waals surface area contributed by atoms with Crippen LogP contribution < -0.4 is 16.0 Å². The Morgan fingerprint density at radius 2 is 1.97 bits per heavy atom. The number of halogens is 4. The minimum absolute atomic E-state index is 0.0274. The minimum Gasteiger partial charge on any atom is -0.395 e. The fourth-order valence-electron chi connectivity index (χ4n) is 4.17. The molecule has 0 spiro atoms. The molecule has 7 nitrogen and oxygen atoms in total. The summed E-state index contributed by atoms with van der Waals surface area (Å²) in [4.78, 5) is 28.1. The molecule has 0 radical (unpaired) electrons. The van der Waals surface area contributed by atoms with Crippen LogP contribution in [0.5, 0.6) is 0 Å². The molecule has 2 aromatic carbocycles. The number of hydrogen-bond donors (Lipinski definition) is 5. The Kier molecular flexibility index (Phi) is 6.72. The zero-order valence-corrected chi connectivity index (χ0v) is 18.6. The number of fused-ring (bicyclic) bond motifs is 3. The molecule has 1 atom stereocenters. The number of urea groups is 1. The quantitative estimate of drug-likeness (QED) is 0.353. The maximum absolute atomic E-state index is 13.1. The number of alkyl halides is 3. The number of benzene rings is 2. The van der Waals surface area contributed by atoms with Crippen molar-refractivity contribution in [3.63, 3.8) is 0 Å². The third-order valence-electron chi connectivity index (χ3n) is 5.70. The van der Waals surface area contributed by atoms with E-state index in [2.05, 4.69) is 20.9 Å². The summed E-state index contributed by atoms with van der Waals surface area (Å²) in [5.74, 6) is -0.294. The number of aliphatic hydroxyl groups excluding tert-OH is 1. The van der Waals surface area contributed by atoms with Crippen molar-refractivity contribution in [2.75, 3.05) is 18.5 Å². The molecule has 34 heavy (non-hydrogen) atoms. The molecule has 1 aromatic heterocycles. The zero-order valence-electron chi connectivity index (χ0n) is 17.9. The Labute approximate surface area is 197 Å². The van der Waals surface area contributed by atoms with Gasteiger partial charge in [0.2, 0.25) is 0 Å². The van der Waals surface area contributed by atoms with E-state index >= 15 is 0 Å². The summed E-state index contributed by atoms with van der Waals surface area (Å²) in [6, 6.07) is 7.39. The first-order valence-corrected chi connectivity index (χ1v) is 11.0. The summed E-state index contributed by atoms with van der Waals surface area (Å²) in [7, 11) is 0. The lowest BCUT2D eigenvalue weighted by Crippen LogP contribution is -2.34. The number of nitrogens with one attached hydrogen (secondary N) is 4. The number of hydrogen-bond acceptors (Lipinski definition) is 3. The van der Waals surface area contributed by atoms with Crippen LogP contribution in [0.1, 0.15) is 46.1 Å². The largest absolute Gasteiger partial charge is 0.417 e. The van der Waals surface area contributed by atoms with Gasteiger partial charge >= 0.3 is 12.2 Å². The highest BCUT2D eigenvalue weighted by molar-refractivity contribution is 6.31. The summed E-state index contributed by atoms with van der Waals surface area (Å²) in [5.41, 5.74) is 2.00. The van der Waals surface area contributed by atoms with Crippen molar-refractivity contribution in [3.8, 4) is 0 Å². The molecule has 3 aromatic rings. The van der Waals surface area contributed by atoms with E-state index in [4.69, 9.17) is 16.7 Å². The van der Waals surface area contributed by atoms with E-state index in [-0.39, 0.29) is 30.8 Å². The second-order valence-corrected chi connectivity index (χ2v) is 8.40. The van der Waals surface area contributed by atoms with Gasteiger partial charge in [-0.15, -0.1) is 0 Å². The number of carbonyl (C=O) groups is 2. The Morgan fingerprint density at radius 3 is 2.71 bits per heavy atom. The van der Waals surface area contributed by atoms with Gasteiger partial charge in [0.25, 0.3) is 5.91 Å². The molecular formula is C23H22ClF3N4O3. The van der Waals surface area contributed by atoms with Crippen LogP contribution in [0, 0.1) is 0 Å². The molecule has 3 amide bonds. The Bertz CT molecular complexity index is 1240. The van der Waals surface area contributed by atoms with Gasteiger partial charge in [0.05, 0.1) is 23.2 Å². The minimum atomic E-state index is -4.64. The van der Waals surface area contributed by atoms with Crippen molar-refractivity contribution in [1.29, 1.82) is 0 Å². The molecule has 11 heteroatoms. The average Bonchev–Trinajstić information content (AvgIpc) is 3.17. The number of aryl methyl sites for hydroxylation is 1. The maximum Gasteiger partial charge on any atom is 0.417 e. The van der Waals surface area contributed by atoms with Crippen LogP contribution in [0.4, 0.5) is 23.7 Å². The number of aliphatic hydroxyl groups is 1. The van der Waals surface area contributed by atoms with Crippen molar-refractivity contribution < 1.29 is 27.9 Å². The van der Waals surface area contributed by atoms with Crippen LogP contribution >= 0.6 is 11.6 Å². The molecule has 1 aliphatic carbocycles. The normalized spacial score (nSPS) is 15.6. The van der Waals surface area contributed by atoms with Gasteiger partial charge in [-0.25, -0.2) is 4.79 Å². The number of aromatic amines is 1. The van der Waals surface area contributed by atoms with Crippen molar-refractivity contribution in [1.82, 2.24) is 15.6 Å². The fourth-order valence-corrected chi connectivity index (χ4v) is 4.39. The Hall–Kier alpha value is -3.24. The van der Waals surface area contributed by atoms with Crippen LogP contribution in [0.2, 0.25) is 5.02 Å². The van der Waals surface area contributed by atoms with Gasteiger partial charge in [-0.3, -0.25) is 4.79 Å². The van der Waals surface area contributed by atoms with E-state index < -0.39 is 22.8 Å². The number of rotatable bonds is 5. The van der Waals surface area contributed by atoms with Crippen molar-refractivity contribution in [2.24, 2.45) is 0 Å². The van der Waals surface area contributed by atoms with E-state index in [1.165, 1.54) is 6.07 Å². The summed E-state index contributed by atoms with van der Waals surface area (Å²) in [5, 5.41) is 17.2. The monoisotopic (exact) mass is 494 g/mol. The summed E-state index contributed by atoms with van der Waals surface area (Å²) < 4.78 is 39.3. The molecule has 1 heterocycles. The van der Waals surface area contributed by atoms with Crippen molar-refractivity contribution >= 4 is 40.1 Å². The summed E-state index contributed by atoms with van der Waals surface area (Å²) in [6.07, 6.45) is -2.46. The van der Waals surface area contributed by atoms with Gasteiger partial charge in [0.15, 0.2) is 0 Å². The van der Waals surface area contributed by atoms with E-state index in [1.807, 2.05) is 0 Å². The molecule has 1 aliphatic rings. The topological polar surface area (TPSA) is 106 Å². The van der Waals surface area contributed by atoms with Crippen molar-refractivity contribution in [3.05, 3.63) is 63.8 Å². The third kappa shape index (κ3) is 4.97. The molecule has 0 saturated heterocycles. The Morgan fingerprint density at radius 1 is 1.18 bits per heavy atom. The van der Waals surface area contributed by atoms with Crippen LogP contribution in [0.15, 0.2) is 36.4 Å². The van der Waals surface area contributed by atoms with Crippen LogP contribution in [0.3, 0.4) is 0 Å².